The lowest BCUT2D eigenvalue weighted by atomic mass is 10.1. The number of ketones is 1. The number of thioether (sulfide) groups is 1. The average molecular weight is 275 g/mol. The number of hydrogen-bond donors (Lipinski definition) is 1. The third-order valence-electron chi connectivity index (χ3n) is 2.84. The van der Waals surface area contributed by atoms with Crippen molar-refractivity contribution >= 4 is 23.5 Å². The molecule has 0 aliphatic heterocycles. The fraction of sp³-hybridized carbons (Fsp3) is 0.143. The Morgan fingerprint density at radius 1 is 1.26 bits per heavy atom. The Balaban J connectivity index is 2.44. The second kappa shape index (κ2) is 5.32. The predicted molar refractivity (Wildman–Crippen MR) is 74.0 cm³/mol. The molecule has 0 unspecified atom stereocenters. The van der Waals surface area contributed by atoms with Gasteiger partial charge in [-0.15, -0.1) is 11.8 Å². The molecule has 0 saturated heterocycles. The van der Waals surface area contributed by atoms with Crippen molar-refractivity contribution in [3.63, 3.8) is 0 Å². The number of benzene rings is 1. The molecular weight excluding hydrogens is 262 g/mol. The maximum atomic E-state index is 12.4. The van der Waals surface area contributed by atoms with E-state index in [2.05, 4.69) is 0 Å². The molecule has 2 aromatic rings. The van der Waals surface area contributed by atoms with Gasteiger partial charge >= 0.3 is 5.97 Å². The Morgan fingerprint density at radius 2 is 1.95 bits per heavy atom. The summed E-state index contributed by atoms with van der Waals surface area (Å²) in [6.07, 6.45) is 3.45. The van der Waals surface area contributed by atoms with Gasteiger partial charge in [-0.1, -0.05) is 12.1 Å². The molecule has 0 spiro atoms. The van der Waals surface area contributed by atoms with Gasteiger partial charge in [-0.3, -0.25) is 4.79 Å². The van der Waals surface area contributed by atoms with E-state index in [9.17, 15) is 9.59 Å². The molecule has 0 fully saturated rings. The summed E-state index contributed by atoms with van der Waals surface area (Å²) < 4.78 is 1.44. The molecule has 5 heteroatoms. The van der Waals surface area contributed by atoms with Crippen molar-refractivity contribution in [2.24, 2.45) is 7.05 Å². The molecule has 0 saturated carbocycles. The third-order valence-corrected chi connectivity index (χ3v) is 3.63. The van der Waals surface area contributed by atoms with Crippen molar-refractivity contribution in [2.45, 2.75) is 4.90 Å². The van der Waals surface area contributed by atoms with Gasteiger partial charge in [-0.05, 0) is 24.5 Å². The topological polar surface area (TPSA) is 59.3 Å². The first-order valence-corrected chi connectivity index (χ1v) is 6.84. The molecule has 1 heterocycles. The van der Waals surface area contributed by atoms with Gasteiger partial charge in [0.05, 0.1) is 0 Å². The van der Waals surface area contributed by atoms with Gasteiger partial charge in [0, 0.05) is 29.3 Å². The first-order valence-electron chi connectivity index (χ1n) is 5.62. The number of rotatable bonds is 4. The van der Waals surface area contributed by atoms with E-state index in [0.29, 0.717) is 11.1 Å². The summed E-state index contributed by atoms with van der Waals surface area (Å²) >= 11 is 1.49. The summed E-state index contributed by atoms with van der Waals surface area (Å²) in [6.45, 7) is 0. The monoisotopic (exact) mass is 275 g/mol. The Labute approximate surface area is 115 Å². The lowest BCUT2D eigenvalue weighted by Gasteiger charge is -2.04. The van der Waals surface area contributed by atoms with Crippen molar-refractivity contribution in [1.82, 2.24) is 4.57 Å². The van der Waals surface area contributed by atoms with Crippen LogP contribution >= 0.6 is 11.8 Å². The van der Waals surface area contributed by atoms with E-state index in [1.165, 1.54) is 22.4 Å². The highest BCUT2D eigenvalue weighted by Crippen LogP contribution is 2.23. The van der Waals surface area contributed by atoms with Crippen molar-refractivity contribution in [3.05, 3.63) is 53.3 Å². The summed E-state index contributed by atoms with van der Waals surface area (Å²) in [4.78, 5) is 24.3. The molecule has 4 nitrogen and oxygen atoms in total. The lowest BCUT2D eigenvalue weighted by molar-refractivity contribution is 0.0686. The number of carbonyl (C=O) groups is 2. The molecular formula is C14H13NO3S. The number of aromatic nitrogens is 1. The number of carboxylic acids is 1. The standard InChI is InChI=1S/C14H13NO3S/c1-15-8-9(7-11(15)14(17)18)13(16)10-5-3-4-6-12(10)19-2/h3-8H,1-2H3,(H,17,18). The maximum absolute atomic E-state index is 12.4. The van der Waals surface area contributed by atoms with Gasteiger partial charge in [-0.25, -0.2) is 4.79 Å². The van der Waals surface area contributed by atoms with Crippen LogP contribution in [-0.2, 0) is 7.05 Å². The fourth-order valence-corrected chi connectivity index (χ4v) is 2.48. The second-order valence-electron chi connectivity index (χ2n) is 4.06. The molecule has 1 N–H and O–H groups in total. The number of carboxylic acid groups (broad SMARTS) is 1. The maximum Gasteiger partial charge on any atom is 0.352 e. The van der Waals surface area contributed by atoms with Crippen LogP contribution in [0.2, 0.25) is 0 Å². The van der Waals surface area contributed by atoms with Gasteiger partial charge in [0.1, 0.15) is 5.69 Å². The highest BCUT2D eigenvalue weighted by molar-refractivity contribution is 7.98. The van der Waals surface area contributed by atoms with Crippen LogP contribution in [0.15, 0.2) is 41.4 Å². The number of aromatic carboxylic acids is 1. The largest absolute Gasteiger partial charge is 0.477 e. The molecule has 1 aromatic carbocycles. The summed E-state index contributed by atoms with van der Waals surface area (Å²) in [5, 5.41) is 9.00. The molecule has 19 heavy (non-hydrogen) atoms. The van der Waals surface area contributed by atoms with Gasteiger partial charge < -0.3 is 9.67 Å². The molecule has 0 atom stereocenters. The van der Waals surface area contributed by atoms with Crippen LogP contribution in [-0.4, -0.2) is 27.7 Å². The predicted octanol–water partition coefficient (Wildman–Crippen LogP) is 2.68. The van der Waals surface area contributed by atoms with Crippen molar-refractivity contribution < 1.29 is 14.7 Å². The second-order valence-corrected chi connectivity index (χ2v) is 4.91. The van der Waals surface area contributed by atoms with Gasteiger partial charge in [0.2, 0.25) is 0 Å². The Bertz CT molecular complexity index is 646. The van der Waals surface area contributed by atoms with E-state index in [1.807, 2.05) is 18.4 Å². The van der Waals surface area contributed by atoms with Gasteiger partial charge in [-0.2, -0.15) is 0 Å². The Morgan fingerprint density at radius 3 is 2.53 bits per heavy atom. The average Bonchev–Trinajstić information content (AvgIpc) is 2.80. The zero-order valence-electron chi connectivity index (χ0n) is 10.6. The highest BCUT2D eigenvalue weighted by Gasteiger charge is 2.18. The molecule has 0 radical (unpaired) electrons. The smallest absolute Gasteiger partial charge is 0.352 e. The van der Waals surface area contributed by atoms with Gasteiger partial charge in [0.15, 0.2) is 5.78 Å². The van der Waals surface area contributed by atoms with E-state index in [4.69, 9.17) is 5.11 Å². The molecule has 0 bridgehead atoms. The Kier molecular flexibility index (Phi) is 3.76. The van der Waals surface area contributed by atoms with Crippen LogP contribution in [0.4, 0.5) is 0 Å². The van der Waals surface area contributed by atoms with E-state index in [1.54, 1.807) is 25.4 Å². The zero-order valence-corrected chi connectivity index (χ0v) is 11.4. The summed E-state index contributed by atoms with van der Waals surface area (Å²) in [5.41, 5.74) is 1.09. The minimum Gasteiger partial charge on any atom is -0.477 e. The van der Waals surface area contributed by atoms with Gasteiger partial charge in [0.25, 0.3) is 0 Å². The minimum absolute atomic E-state index is 0.102. The molecule has 1 aromatic heterocycles. The molecule has 98 valence electrons. The summed E-state index contributed by atoms with van der Waals surface area (Å²) in [6, 6.07) is 8.70. The normalized spacial score (nSPS) is 10.4. The number of aryl methyl sites for hydroxylation is 1. The van der Waals surface area contributed by atoms with Crippen molar-refractivity contribution in [2.75, 3.05) is 6.26 Å². The number of hydrogen-bond acceptors (Lipinski definition) is 3. The van der Waals surface area contributed by atoms with Crippen LogP contribution < -0.4 is 0 Å². The summed E-state index contributed by atoms with van der Waals surface area (Å²) in [5.74, 6) is -1.20. The quantitative estimate of drug-likeness (QED) is 0.688. The summed E-state index contributed by atoms with van der Waals surface area (Å²) in [7, 11) is 1.61. The third kappa shape index (κ3) is 2.56. The van der Waals surface area contributed by atoms with Crippen LogP contribution in [0.3, 0.4) is 0 Å². The van der Waals surface area contributed by atoms with E-state index in [-0.39, 0.29) is 11.5 Å². The highest BCUT2D eigenvalue weighted by atomic mass is 32.2. The first kappa shape index (κ1) is 13.4. The number of nitrogens with zero attached hydrogens (tertiary/aromatic N) is 1. The minimum atomic E-state index is -1.04. The van der Waals surface area contributed by atoms with E-state index in [0.717, 1.165) is 4.90 Å². The van der Waals surface area contributed by atoms with Crippen LogP contribution in [0.5, 0.6) is 0 Å². The van der Waals surface area contributed by atoms with Crippen molar-refractivity contribution in [1.29, 1.82) is 0 Å². The fourth-order valence-electron chi connectivity index (χ4n) is 1.89. The molecule has 0 aliphatic rings. The van der Waals surface area contributed by atoms with Crippen LogP contribution in [0.1, 0.15) is 26.4 Å². The van der Waals surface area contributed by atoms with Crippen LogP contribution in [0.25, 0.3) is 0 Å². The molecule has 0 aliphatic carbocycles. The number of carbonyl (C=O) groups excluding carboxylic acids is 1. The SMILES string of the molecule is CSc1ccccc1C(=O)c1cc(C(=O)O)n(C)c1. The van der Waals surface area contributed by atoms with Crippen molar-refractivity contribution in [3.8, 4) is 0 Å². The zero-order chi connectivity index (χ0) is 14.0. The van der Waals surface area contributed by atoms with E-state index < -0.39 is 5.97 Å². The molecule has 0 amide bonds. The van der Waals surface area contributed by atoms with E-state index >= 15 is 0 Å². The lowest BCUT2D eigenvalue weighted by Crippen LogP contribution is -2.02. The van der Waals surface area contributed by atoms with Crippen LogP contribution in [0, 0.1) is 0 Å². The molecule has 2 rings (SSSR count). The first-order chi connectivity index (χ1) is 9.04. The Hall–Kier alpha value is -2.01.